The molecular formula is C33H47N3O3. The van der Waals surface area contributed by atoms with Gasteiger partial charge in [-0.15, -0.1) is 0 Å². The molecule has 3 aliphatic rings. The Hall–Kier alpha value is -2.65. The van der Waals surface area contributed by atoms with Crippen LogP contribution in [0.3, 0.4) is 0 Å². The molecule has 0 aromatic heterocycles. The number of nitrogens with zero attached hydrogens (tertiary/aromatic N) is 1. The first-order chi connectivity index (χ1) is 18.8. The van der Waals surface area contributed by atoms with Crippen molar-refractivity contribution in [3.05, 3.63) is 34.9 Å². The predicted molar refractivity (Wildman–Crippen MR) is 155 cm³/mol. The summed E-state index contributed by atoms with van der Waals surface area (Å²) in [7, 11) is 1.57. The third kappa shape index (κ3) is 7.94. The van der Waals surface area contributed by atoms with Crippen molar-refractivity contribution >= 4 is 18.1 Å². The van der Waals surface area contributed by atoms with Crippen LogP contribution in [0.1, 0.15) is 112 Å². The molecule has 2 bridgehead atoms. The summed E-state index contributed by atoms with van der Waals surface area (Å²) in [6.45, 7) is 6.40. The van der Waals surface area contributed by atoms with E-state index in [9.17, 15) is 14.4 Å². The lowest BCUT2D eigenvalue weighted by atomic mass is 9.62. The Kier molecular flexibility index (Phi) is 10.2. The summed E-state index contributed by atoms with van der Waals surface area (Å²) < 4.78 is 0. The Morgan fingerprint density at radius 2 is 1.90 bits per heavy atom. The van der Waals surface area contributed by atoms with E-state index < -0.39 is 6.04 Å². The van der Waals surface area contributed by atoms with Gasteiger partial charge in [0.1, 0.15) is 6.29 Å². The Morgan fingerprint density at radius 3 is 2.62 bits per heavy atom. The molecule has 0 saturated heterocycles. The standard InChI is InChI=1S/C33H47N3O3/c1-24-16-26-18-27(17-24)21-33(2,20-26)35-15-9-7-5-4-6-8-10-25-11-13-30-28(19-25)22-36(32(30)39)29(23-37)12-14-31(38)34-3/h11,13,19,23-24,26-27,29,35H,4-7,9,12,14-18,20-22H2,1-3H3,(H,34,38). The van der Waals surface area contributed by atoms with Gasteiger partial charge < -0.3 is 20.3 Å². The lowest BCUT2D eigenvalue weighted by Gasteiger charge is -2.47. The molecule has 2 aliphatic carbocycles. The zero-order chi connectivity index (χ0) is 27.8. The van der Waals surface area contributed by atoms with E-state index in [0.29, 0.717) is 24.1 Å². The Bertz CT molecular complexity index is 1070. The number of nitrogens with one attached hydrogen (secondary N) is 2. The Balaban J connectivity index is 1.14. The van der Waals surface area contributed by atoms with Crippen molar-refractivity contribution < 1.29 is 14.4 Å². The second-order valence-electron chi connectivity index (χ2n) is 12.6. The summed E-state index contributed by atoms with van der Waals surface area (Å²) in [5.41, 5.74) is 2.77. The van der Waals surface area contributed by atoms with Crippen LogP contribution in [-0.2, 0) is 16.1 Å². The van der Waals surface area contributed by atoms with Gasteiger partial charge in [0.2, 0.25) is 5.91 Å². The predicted octanol–water partition coefficient (Wildman–Crippen LogP) is 5.23. The number of unbranched alkanes of at least 4 members (excludes halogenated alkanes) is 4. The van der Waals surface area contributed by atoms with Gasteiger partial charge in [-0.05, 0) is 106 Å². The van der Waals surface area contributed by atoms with Crippen LogP contribution in [-0.4, -0.2) is 48.2 Å². The van der Waals surface area contributed by atoms with Gasteiger partial charge in [-0.25, -0.2) is 0 Å². The summed E-state index contributed by atoms with van der Waals surface area (Å²) in [4.78, 5) is 37.6. The van der Waals surface area contributed by atoms with Crippen LogP contribution in [0, 0.1) is 29.6 Å². The number of hydrogen-bond donors (Lipinski definition) is 2. The highest BCUT2D eigenvalue weighted by Crippen LogP contribution is 2.46. The van der Waals surface area contributed by atoms with Crippen LogP contribution in [0.25, 0.3) is 0 Å². The Morgan fingerprint density at radius 1 is 1.15 bits per heavy atom. The summed E-state index contributed by atoms with van der Waals surface area (Å²) in [5, 5.41) is 6.48. The van der Waals surface area contributed by atoms with E-state index in [0.717, 1.165) is 54.6 Å². The van der Waals surface area contributed by atoms with Crippen molar-refractivity contribution in [3.8, 4) is 11.8 Å². The molecule has 2 amide bonds. The molecule has 1 aromatic carbocycles. The topological polar surface area (TPSA) is 78.5 Å². The summed E-state index contributed by atoms with van der Waals surface area (Å²) in [5.74, 6) is 9.06. The van der Waals surface area contributed by atoms with Crippen molar-refractivity contribution in [1.82, 2.24) is 15.5 Å². The van der Waals surface area contributed by atoms with E-state index in [1.165, 1.54) is 51.4 Å². The van der Waals surface area contributed by atoms with E-state index >= 15 is 0 Å². The summed E-state index contributed by atoms with van der Waals surface area (Å²) >= 11 is 0. The maximum atomic E-state index is 12.8. The minimum absolute atomic E-state index is 0.134. The molecule has 3 atom stereocenters. The third-order valence-electron chi connectivity index (χ3n) is 9.07. The average molecular weight is 534 g/mol. The van der Waals surface area contributed by atoms with Crippen LogP contribution in [0.2, 0.25) is 0 Å². The van der Waals surface area contributed by atoms with Gasteiger partial charge in [0.25, 0.3) is 5.91 Å². The fraction of sp³-hybridized carbons (Fsp3) is 0.667. The maximum absolute atomic E-state index is 12.8. The zero-order valence-electron chi connectivity index (χ0n) is 24.2. The Labute approximate surface area is 235 Å². The number of benzene rings is 1. The van der Waals surface area contributed by atoms with E-state index in [2.05, 4.69) is 36.3 Å². The number of carbonyl (C=O) groups excluding carboxylic acids is 3. The normalized spacial score (nSPS) is 26.4. The van der Waals surface area contributed by atoms with E-state index in [1.54, 1.807) is 11.9 Å². The molecule has 1 aromatic rings. The smallest absolute Gasteiger partial charge is 0.255 e. The summed E-state index contributed by atoms with van der Waals surface area (Å²) in [6.07, 6.45) is 14.0. The van der Waals surface area contributed by atoms with Crippen LogP contribution < -0.4 is 10.6 Å². The molecule has 2 N–H and O–H groups in total. The van der Waals surface area contributed by atoms with Gasteiger partial charge in [0, 0.05) is 43.1 Å². The second-order valence-corrected chi connectivity index (χ2v) is 12.6. The highest BCUT2D eigenvalue weighted by molar-refractivity contribution is 5.99. The number of fused-ring (bicyclic) bond motifs is 3. The fourth-order valence-corrected chi connectivity index (χ4v) is 7.37. The van der Waals surface area contributed by atoms with Gasteiger partial charge in [0.05, 0.1) is 6.04 Å². The van der Waals surface area contributed by atoms with Gasteiger partial charge in [-0.3, -0.25) is 9.59 Å². The average Bonchev–Trinajstić information content (AvgIpc) is 3.22. The van der Waals surface area contributed by atoms with Crippen LogP contribution in [0.4, 0.5) is 0 Å². The van der Waals surface area contributed by atoms with Crippen LogP contribution in [0.15, 0.2) is 18.2 Å². The molecule has 6 nitrogen and oxygen atoms in total. The van der Waals surface area contributed by atoms with Crippen molar-refractivity contribution in [3.63, 3.8) is 0 Å². The monoisotopic (exact) mass is 533 g/mol. The fourth-order valence-electron chi connectivity index (χ4n) is 7.37. The molecule has 2 saturated carbocycles. The van der Waals surface area contributed by atoms with E-state index in [-0.39, 0.29) is 18.2 Å². The molecule has 212 valence electrons. The highest BCUT2D eigenvalue weighted by atomic mass is 16.2. The lowest BCUT2D eigenvalue weighted by molar-refractivity contribution is -0.121. The highest BCUT2D eigenvalue weighted by Gasteiger charge is 2.40. The maximum Gasteiger partial charge on any atom is 0.255 e. The van der Waals surface area contributed by atoms with Gasteiger partial charge >= 0.3 is 0 Å². The molecule has 4 rings (SSSR count). The molecular weight excluding hydrogens is 486 g/mol. The van der Waals surface area contributed by atoms with Gasteiger partial charge in [-0.2, -0.15) is 0 Å². The number of aldehydes is 1. The van der Waals surface area contributed by atoms with Crippen molar-refractivity contribution in [2.24, 2.45) is 17.8 Å². The first-order valence-corrected chi connectivity index (χ1v) is 15.1. The first-order valence-electron chi connectivity index (χ1n) is 15.1. The number of carbonyl (C=O) groups is 3. The van der Waals surface area contributed by atoms with Gasteiger partial charge in [0.15, 0.2) is 0 Å². The molecule has 6 heteroatoms. The minimum Gasteiger partial charge on any atom is -0.359 e. The molecule has 2 fully saturated rings. The van der Waals surface area contributed by atoms with E-state index in [4.69, 9.17) is 0 Å². The van der Waals surface area contributed by atoms with Crippen LogP contribution in [0.5, 0.6) is 0 Å². The molecule has 1 heterocycles. The number of hydrogen-bond acceptors (Lipinski definition) is 4. The molecule has 0 radical (unpaired) electrons. The van der Waals surface area contributed by atoms with Gasteiger partial charge in [-0.1, -0.05) is 31.6 Å². The lowest BCUT2D eigenvalue weighted by Crippen LogP contribution is -2.50. The number of rotatable bonds is 12. The zero-order valence-corrected chi connectivity index (χ0v) is 24.2. The van der Waals surface area contributed by atoms with Crippen molar-refractivity contribution in [2.45, 2.75) is 109 Å². The first kappa shape index (κ1) is 29.3. The van der Waals surface area contributed by atoms with E-state index in [1.807, 2.05) is 18.2 Å². The molecule has 39 heavy (non-hydrogen) atoms. The third-order valence-corrected chi connectivity index (χ3v) is 9.07. The number of amides is 2. The van der Waals surface area contributed by atoms with Crippen molar-refractivity contribution in [2.75, 3.05) is 13.6 Å². The van der Waals surface area contributed by atoms with Crippen LogP contribution >= 0.6 is 0 Å². The molecule has 0 spiro atoms. The minimum atomic E-state index is -0.596. The van der Waals surface area contributed by atoms with Crippen molar-refractivity contribution in [1.29, 1.82) is 0 Å². The largest absolute Gasteiger partial charge is 0.359 e. The summed E-state index contributed by atoms with van der Waals surface area (Å²) in [6, 6.07) is 5.07. The molecule has 1 aliphatic heterocycles. The SMILES string of the molecule is CNC(=O)CCC(C=O)N1Cc2cc(C#CCCCCCCNC3(C)CC4CC(C)CC(C4)C3)ccc2C1=O. The second kappa shape index (κ2) is 13.6. The quantitative estimate of drug-likeness (QED) is 0.219. The molecule has 3 unspecified atom stereocenters.